The highest BCUT2D eigenvalue weighted by molar-refractivity contribution is 6.35. The van der Waals surface area contributed by atoms with E-state index < -0.39 is 16.7 Å². The van der Waals surface area contributed by atoms with Crippen molar-refractivity contribution in [2.45, 2.75) is 55.8 Å². The fourth-order valence-corrected chi connectivity index (χ4v) is 23.5. The molecular formula is C137H114O6. The molecule has 16 aromatic carbocycles. The highest BCUT2D eigenvalue weighted by Crippen LogP contribution is 2.75. The Bertz CT molecular complexity index is 7700. The van der Waals surface area contributed by atoms with E-state index in [2.05, 4.69) is 480 Å². The SMILES string of the molecule is C=C/C=C\CC1(c2ccccc2)CC(c2ccc(OC)cc2)=C(c2ccc(OC)cc2)C(c2ccccc2)=C1CC1([C@H]2C=CC=CC2)C(c2ccccc2)=C(c2c(-c3ccccc3)c(-c3ccc(OC)cc3)c(-c3ccc(OC)cc3)c(C3C=CC=CC3)c2-c2ccccc2)C(c2ccccc2)=C1c1c(-c2ccccc2)c(-c2ccccc2)c(-c2ccc(OC)cc2)c(C2C=CC(OC)=CC2)c1-c1ccccc1. The minimum atomic E-state index is -1.31. The van der Waals surface area contributed by atoms with Crippen molar-refractivity contribution in [2.75, 3.05) is 42.7 Å². The van der Waals surface area contributed by atoms with E-state index in [0.29, 0.717) is 38.5 Å². The zero-order valence-electron chi connectivity index (χ0n) is 81.7. The summed E-state index contributed by atoms with van der Waals surface area (Å²) in [4.78, 5) is 0. The number of benzene rings is 16. The summed E-state index contributed by atoms with van der Waals surface area (Å²) < 4.78 is 37.5. The van der Waals surface area contributed by atoms with Gasteiger partial charge >= 0.3 is 0 Å². The van der Waals surface area contributed by atoms with Gasteiger partial charge in [0.15, 0.2) is 0 Å². The van der Waals surface area contributed by atoms with Gasteiger partial charge in [-0.25, -0.2) is 0 Å². The lowest BCUT2D eigenvalue weighted by molar-refractivity contribution is 0.303. The van der Waals surface area contributed by atoms with Crippen LogP contribution in [0.4, 0.5) is 0 Å². The standard InChI is InChI=1S/C137H114O6/c1-8-9-43-90-136(108-62-39-19-40-63-108)91-116(93-66-78-110(138-2)79-67-93)118(102-68-80-111(139-3)81-69-102)119(94-44-21-10-22-45-94)117(136)92-137(109-64-41-20-42-65-109)134(107-60-37-18-38-61-107)133(131-126(97-50-27-13-28-51-97)120(95-46-23-11-24-47-95)122(103-70-82-112(140-4)83-71-103)124(105-74-86-114(142-6)87-75-105)127(131)98-52-29-14-30-53-98)130(101-58-35-17-36-59-101)135(137)132-128(99-54-31-15-32-55-99)121(96-48-25-12-26-49-96)123(104-72-84-113(141-5)85-73-104)125(106-76-88-115(143-7)89-77-106)129(132)100-56-33-16-34-57-100/h8-46,48-64,66-76,78-89,95,106,109H,1,47,65,77,90-92H2,2-7H3/b43-9-/t95?,106?,109-,136?,137?/m0/s1. The normalized spacial score (nSPS) is 17.6. The van der Waals surface area contributed by atoms with Gasteiger partial charge < -0.3 is 28.4 Å². The number of hydrogen-bond donors (Lipinski definition) is 0. The highest BCUT2D eigenvalue weighted by atomic mass is 16.5. The van der Waals surface area contributed by atoms with Gasteiger partial charge in [-0.3, -0.25) is 0 Å². The average Bonchev–Trinajstić information content (AvgIpc) is 1.49. The largest absolute Gasteiger partial charge is 0.497 e. The smallest absolute Gasteiger partial charge is 0.118 e. The molecule has 698 valence electrons. The molecule has 6 heteroatoms. The van der Waals surface area contributed by atoms with Crippen molar-refractivity contribution in [3.05, 3.63) is 553 Å². The summed E-state index contributed by atoms with van der Waals surface area (Å²) in [6.07, 6.45) is 36.1. The van der Waals surface area contributed by atoms with E-state index >= 15 is 0 Å². The molecule has 0 heterocycles. The Morgan fingerprint density at radius 2 is 0.629 bits per heavy atom. The third kappa shape index (κ3) is 17.5. The quantitative estimate of drug-likeness (QED) is 0.0418. The first kappa shape index (κ1) is 92.5. The van der Waals surface area contributed by atoms with Crippen LogP contribution in [0, 0.1) is 11.3 Å². The van der Waals surface area contributed by atoms with Crippen molar-refractivity contribution in [3.8, 4) is 118 Å². The second-order valence-electron chi connectivity index (χ2n) is 37.3. The topological polar surface area (TPSA) is 55.4 Å². The number of rotatable bonds is 30. The van der Waals surface area contributed by atoms with Crippen LogP contribution in [0.5, 0.6) is 28.7 Å². The van der Waals surface area contributed by atoms with Crippen LogP contribution in [0.2, 0.25) is 0 Å². The van der Waals surface area contributed by atoms with Gasteiger partial charge in [-0.15, -0.1) is 0 Å². The van der Waals surface area contributed by atoms with Crippen molar-refractivity contribution in [1.82, 2.24) is 0 Å². The summed E-state index contributed by atoms with van der Waals surface area (Å²) in [6, 6.07) is 148. The third-order valence-electron chi connectivity index (χ3n) is 29.7. The van der Waals surface area contributed by atoms with Crippen LogP contribution in [-0.2, 0) is 10.2 Å². The number of hydrogen-bond acceptors (Lipinski definition) is 6. The molecule has 5 aliphatic rings. The van der Waals surface area contributed by atoms with Crippen LogP contribution in [-0.4, -0.2) is 42.7 Å². The van der Waals surface area contributed by atoms with Crippen molar-refractivity contribution in [3.63, 3.8) is 0 Å². The number of allylic oxidation sites excluding steroid dienone is 22. The molecule has 0 N–H and O–H groups in total. The average molecular weight is 1860 g/mol. The van der Waals surface area contributed by atoms with Gasteiger partial charge in [0.05, 0.1) is 42.7 Å². The summed E-state index contributed by atoms with van der Waals surface area (Å²) in [6.45, 7) is 4.52. The molecule has 0 saturated carbocycles. The maximum Gasteiger partial charge on any atom is 0.118 e. The van der Waals surface area contributed by atoms with Crippen LogP contribution >= 0.6 is 0 Å². The fourth-order valence-electron chi connectivity index (χ4n) is 23.5. The second kappa shape index (κ2) is 41.7. The molecule has 0 spiro atoms. The van der Waals surface area contributed by atoms with E-state index in [1.807, 2.05) is 6.08 Å². The lowest BCUT2D eigenvalue weighted by Crippen LogP contribution is -2.39. The van der Waals surface area contributed by atoms with Gasteiger partial charge in [-0.1, -0.05) is 413 Å². The Morgan fingerprint density at radius 3 is 1.03 bits per heavy atom. The Morgan fingerprint density at radius 1 is 0.287 bits per heavy atom. The van der Waals surface area contributed by atoms with Gasteiger partial charge in [0, 0.05) is 22.7 Å². The van der Waals surface area contributed by atoms with E-state index in [-0.39, 0.29) is 11.8 Å². The molecule has 0 amide bonds. The molecule has 0 aliphatic heterocycles. The van der Waals surface area contributed by atoms with E-state index in [0.717, 1.165) is 185 Å². The van der Waals surface area contributed by atoms with E-state index in [1.54, 1.807) is 42.7 Å². The maximum atomic E-state index is 6.36. The lowest BCUT2D eigenvalue weighted by atomic mass is 9.52. The van der Waals surface area contributed by atoms with Crippen LogP contribution in [0.1, 0.15) is 106 Å². The molecule has 143 heavy (non-hydrogen) atoms. The van der Waals surface area contributed by atoms with Crippen molar-refractivity contribution in [2.24, 2.45) is 11.3 Å². The first-order valence-corrected chi connectivity index (χ1v) is 49.7. The molecule has 6 nitrogen and oxygen atoms in total. The summed E-state index contributed by atoms with van der Waals surface area (Å²) in [5.74, 6) is 3.72. The van der Waals surface area contributed by atoms with Crippen LogP contribution in [0.25, 0.3) is 128 Å². The van der Waals surface area contributed by atoms with E-state index in [9.17, 15) is 0 Å². The summed E-state index contributed by atoms with van der Waals surface area (Å²) in [7, 11) is 10.6. The third-order valence-corrected chi connectivity index (χ3v) is 29.7. The molecule has 16 aromatic rings. The Balaban J connectivity index is 1.13. The van der Waals surface area contributed by atoms with E-state index in [1.165, 1.54) is 39.0 Å². The summed E-state index contributed by atoms with van der Waals surface area (Å²) in [5, 5.41) is 0. The monoisotopic (exact) mass is 1850 g/mol. The van der Waals surface area contributed by atoms with Crippen LogP contribution < -0.4 is 23.7 Å². The van der Waals surface area contributed by atoms with Crippen molar-refractivity contribution >= 4 is 39.0 Å². The van der Waals surface area contributed by atoms with Gasteiger partial charge in [0.1, 0.15) is 34.5 Å². The number of ether oxygens (including phenoxy) is 6. The van der Waals surface area contributed by atoms with Gasteiger partial charge in [0.25, 0.3) is 0 Å². The lowest BCUT2D eigenvalue weighted by Gasteiger charge is -2.50. The second-order valence-corrected chi connectivity index (χ2v) is 37.3. The fraction of sp³-hybridized carbons (Fsp3) is 0.124. The summed E-state index contributed by atoms with van der Waals surface area (Å²) >= 11 is 0. The molecular weight excluding hydrogens is 1740 g/mol. The molecule has 5 aliphatic carbocycles. The predicted octanol–water partition coefficient (Wildman–Crippen LogP) is 34.8. The Hall–Kier alpha value is -16.8. The number of methoxy groups -OCH3 is 6. The van der Waals surface area contributed by atoms with Gasteiger partial charge in [0.2, 0.25) is 0 Å². The molecule has 0 aromatic heterocycles. The predicted molar refractivity (Wildman–Crippen MR) is 596 cm³/mol. The highest BCUT2D eigenvalue weighted by Gasteiger charge is 2.58. The molecule has 5 atom stereocenters. The Kier molecular flexibility index (Phi) is 27.0. The maximum absolute atomic E-state index is 6.36. The van der Waals surface area contributed by atoms with Crippen LogP contribution in [0.15, 0.2) is 497 Å². The molecule has 0 fully saturated rings. The van der Waals surface area contributed by atoms with Crippen LogP contribution in [0.3, 0.4) is 0 Å². The molecule has 21 rings (SSSR count). The van der Waals surface area contributed by atoms with Crippen molar-refractivity contribution < 1.29 is 28.4 Å². The summed E-state index contributed by atoms with van der Waals surface area (Å²) in [5.41, 5.74) is 35.3. The van der Waals surface area contributed by atoms with Crippen molar-refractivity contribution in [1.29, 1.82) is 0 Å². The van der Waals surface area contributed by atoms with Gasteiger partial charge in [-0.05, 0) is 306 Å². The zero-order chi connectivity index (χ0) is 97.2. The zero-order valence-corrected chi connectivity index (χ0v) is 81.7. The van der Waals surface area contributed by atoms with E-state index in [4.69, 9.17) is 28.4 Å². The molecule has 0 saturated heterocycles. The molecule has 4 unspecified atom stereocenters. The minimum absolute atomic E-state index is 0.207. The first-order chi connectivity index (χ1) is 70.7. The Labute approximate surface area is 842 Å². The molecule has 0 bridgehead atoms. The minimum Gasteiger partial charge on any atom is -0.497 e. The first-order valence-electron chi connectivity index (χ1n) is 49.7. The molecule has 0 radical (unpaired) electrons. The van der Waals surface area contributed by atoms with Gasteiger partial charge in [-0.2, -0.15) is 0 Å².